The molecule has 0 atom stereocenters. The van der Waals surface area contributed by atoms with Crippen molar-refractivity contribution >= 4 is 28.9 Å². The van der Waals surface area contributed by atoms with Crippen LogP contribution in [0.3, 0.4) is 0 Å². The fraction of sp³-hybridized carbons (Fsp3) is 0.154. The first-order chi connectivity index (χ1) is 9.56. The van der Waals surface area contributed by atoms with Crippen molar-refractivity contribution in [1.29, 1.82) is 0 Å². The zero-order chi connectivity index (χ0) is 15.1. The number of rotatable bonds is 2. The van der Waals surface area contributed by atoms with Gasteiger partial charge in [0.25, 0.3) is 5.91 Å². The van der Waals surface area contributed by atoms with Crippen LogP contribution in [0.2, 0.25) is 5.02 Å². The Balaban J connectivity index is 0.000000956. The first kappa shape index (κ1) is 15.8. The maximum Gasteiger partial charge on any atom is 0.276 e. The van der Waals surface area contributed by atoms with Crippen LogP contribution in [0, 0.1) is 5.95 Å². The number of carbonyl (C=O) groups excluding carboxylic acids is 1. The summed E-state index contributed by atoms with van der Waals surface area (Å²) in [5.74, 6) is -1.14. The van der Waals surface area contributed by atoms with Gasteiger partial charge in [-0.2, -0.15) is 4.39 Å². The number of aromatic nitrogens is 2. The van der Waals surface area contributed by atoms with Gasteiger partial charge in [-0.15, -0.1) is 0 Å². The molecule has 20 heavy (non-hydrogen) atoms. The predicted molar refractivity (Wildman–Crippen MR) is 77.2 cm³/mol. The van der Waals surface area contributed by atoms with E-state index in [9.17, 15) is 9.18 Å². The summed E-state index contributed by atoms with van der Waals surface area (Å²) in [6, 6.07) is 3.94. The van der Waals surface area contributed by atoms with Crippen LogP contribution in [0.15, 0.2) is 30.6 Å². The molecule has 0 saturated carbocycles. The number of nitrogens with zero attached hydrogens (tertiary/aromatic N) is 2. The number of carbonyl (C=O) groups is 1. The highest BCUT2D eigenvalue weighted by Gasteiger charge is 2.12. The average Bonchev–Trinajstić information content (AvgIpc) is 2.43. The normalized spacial score (nSPS) is 9.40. The Bertz CT molecular complexity index is 589. The van der Waals surface area contributed by atoms with Gasteiger partial charge in [0.05, 0.1) is 22.6 Å². The van der Waals surface area contributed by atoms with E-state index in [-0.39, 0.29) is 11.4 Å². The molecule has 2 heterocycles. The van der Waals surface area contributed by atoms with Crippen molar-refractivity contribution in [2.45, 2.75) is 13.8 Å². The van der Waals surface area contributed by atoms with Crippen LogP contribution in [0.4, 0.5) is 15.8 Å². The van der Waals surface area contributed by atoms with Crippen molar-refractivity contribution in [3.05, 3.63) is 47.3 Å². The van der Waals surface area contributed by atoms with Gasteiger partial charge in [-0.25, -0.2) is 9.97 Å². The van der Waals surface area contributed by atoms with Crippen molar-refractivity contribution in [3.8, 4) is 0 Å². The summed E-state index contributed by atoms with van der Waals surface area (Å²) in [6.07, 6.45) is 2.51. The number of amides is 1. The molecule has 0 aliphatic rings. The van der Waals surface area contributed by atoms with Gasteiger partial charge in [0, 0.05) is 6.20 Å². The summed E-state index contributed by atoms with van der Waals surface area (Å²) in [5.41, 5.74) is 6.17. The second-order valence-corrected chi connectivity index (χ2v) is 3.85. The van der Waals surface area contributed by atoms with E-state index in [2.05, 4.69) is 15.3 Å². The third kappa shape index (κ3) is 4.17. The van der Waals surface area contributed by atoms with E-state index in [1.807, 2.05) is 13.8 Å². The van der Waals surface area contributed by atoms with E-state index in [1.54, 1.807) is 0 Å². The van der Waals surface area contributed by atoms with Gasteiger partial charge in [0.2, 0.25) is 5.95 Å². The Hall–Kier alpha value is -2.21. The minimum absolute atomic E-state index is 0.0451. The third-order valence-corrected chi connectivity index (χ3v) is 2.29. The number of halogens is 2. The second kappa shape index (κ2) is 7.40. The molecule has 0 aliphatic heterocycles. The molecule has 0 aromatic carbocycles. The van der Waals surface area contributed by atoms with Crippen LogP contribution >= 0.6 is 11.6 Å². The highest BCUT2D eigenvalue weighted by atomic mass is 35.5. The SMILES string of the molecule is CC.Nc1cc(Cl)cnc1C(=O)Nc1ccc(F)nc1. The first-order valence-electron chi connectivity index (χ1n) is 5.90. The standard InChI is InChI=1S/C11H8ClFN4O.C2H6/c12-6-3-8(14)10(16-4-6)11(18)17-7-1-2-9(13)15-5-7;1-2/h1-5H,14H2,(H,17,18);1-2H3. The minimum atomic E-state index is -0.628. The molecule has 0 bridgehead atoms. The lowest BCUT2D eigenvalue weighted by molar-refractivity contribution is 0.102. The largest absolute Gasteiger partial charge is 0.397 e. The first-order valence-corrected chi connectivity index (χ1v) is 6.28. The maximum atomic E-state index is 12.6. The fourth-order valence-electron chi connectivity index (χ4n) is 1.28. The predicted octanol–water partition coefficient (Wildman–Crippen LogP) is 3.13. The van der Waals surface area contributed by atoms with Crippen molar-refractivity contribution in [2.75, 3.05) is 11.1 Å². The third-order valence-electron chi connectivity index (χ3n) is 2.08. The number of pyridine rings is 2. The maximum absolute atomic E-state index is 12.6. The van der Waals surface area contributed by atoms with E-state index in [0.29, 0.717) is 10.7 Å². The minimum Gasteiger partial charge on any atom is -0.397 e. The summed E-state index contributed by atoms with van der Waals surface area (Å²) >= 11 is 5.67. The summed E-state index contributed by atoms with van der Waals surface area (Å²) in [4.78, 5) is 19.0. The Kier molecular flexibility index (Phi) is 5.86. The van der Waals surface area contributed by atoms with Crippen LogP contribution in [0.1, 0.15) is 24.3 Å². The van der Waals surface area contributed by atoms with E-state index in [4.69, 9.17) is 17.3 Å². The lowest BCUT2D eigenvalue weighted by Gasteiger charge is -2.06. The van der Waals surface area contributed by atoms with E-state index in [1.165, 1.54) is 24.5 Å². The molecular formula is C13H14ClFN4O. The van der Waals surface area contributed by atoms with Crippen molar-refractivity contribution in [2.24, 2.45) is 0 Å². The average molecular weight is 297 g/mol. The Morgan fingerprint density at radius 3 is 2.55 bits per heavy atom. The number of anilines is 2. The summed E-state index contributed by atoms with van der Waals surface area (Å²) in [5, 5.41) is 2.83. The molecule has 0 aliphatic carbocycles. The van der Waals surface area contributed by atoms with Gasteiger partial charge in [-0.3, -0.25) is 4.79 Å². The Labute approximate surface area is 121 Å². The molecule has 0 unspecified atom stereocenters. The molecule has 2 aromatic rings. The topological polar surface area (TPSA) is 80.9 Å². The molecule has 5 nitrogen and oxygen atoms in total. The van der Waals surface area contributed by atoms with Gasteiger partial charge in [0.15, 0.2) is 5.69 Å². The molecule has 3 N–H and O–H groups in total. The molecule has 1 amide bonds. The van der Waals surface area contributed by atoms with Crippen LogP contribution in [0.5, 0.6) is 0 Å². The van der Waals surface area contributed by atoms with Crippen molar-refractivity contribution < 1.29 is 9.18 Å². The molecule has 0 fully saturated rings. The highest BCUT2D eigenvalue weighted by Crippen LogP contribution is 2.16. The van der Waals surface area contributed by atoms with Crippen LogP contribution < -0.4 is 11.1 Å². The number of nitrogens with one attached hydrogen (secondary N) is 1. The molecule has 2 rings (SSSR count). The van der Waals surface area contributed by atoms with Crippen LogP contribution in [-0.4, -0.2) is 15.9 Å². The van der Waals surface area contributed by atoms with Crippen molar-refractivity contribution in [1.82, 2.24) is 9.97 Å². The molecule has 2 aromatic heterocycles. The quantitative estimate of drug-likeness (QED) is 0.834. The summed E-state index contributed by atoms with van der Waals surface area (Å²) in [7, 11) is 0. The molecule has 0 radical (unpaired) electrons. The lowest BCUT2D eigenvalue weighted by atomic mass is 10.3. The molecule has 0 spiro atoms. The monoisotopic (exact) mass is 296 g/mol. The number of nitrogens with two attached hydrogens (primary N) is 1. The van der Waals surface area contributed by atoms with E-state index < -0.39 is 11.9 Å². The van der Waals surface area contributed by atoms with Gasteiger partial charge in [-0.05, 0) is 18.2 Å². The fourth-order valence-corrected chi connectivity index (χ4v) is 1.45. The lowest BCUT2D eigenvalue weighted by Crippen LogP contribution is -2.16. The van der Waals surface area contributed by atoms with Gasteiger partial charge < -0.3 is 11.1 Å². The Morgan fingerprint density at radius 2 is 2.00 bits per heavy atom. The Morgan fingerprint density at radius 1 is 1.30 bits per heavy atom. The number of hydrogen-bond donors (Lipinski definition) is 2. The highest BCUT2D eigenvalue weighted by molar-refractivity contribution is 6.30. The second-order valence-electron chi connectivity index (χ2n) is 3.42. The molecular weight excluding hydrogens is 283 g/mol. The van der Waals surface area contributed by atoms with Crippen molar-refractivity contribution in [3.63, 3.8) is 0 Å². The van der Waals surface area contributed by atoms with Gasteiger partial charge in [-0.1, -0.05) is 25.4 Å². The summed E-state index contributed by atoms with van der Waals surface area (Å²) < 4.78 is 12.6. The molecule has 7 heteroatoms. The summed E-state index contributed by atoms with van der Waals surface area (Å²) in [6.45, 7) is 4.00. The van der Waals surface area contributed by atoms with Gasteiger partial charge >= 0.3 is 0 Å². The zero-order valence-electron chi connectivity index (χ0n) is 11.0. The smallest absolute Gasteiger partial charge is 0.276 e. The zero-order valence-corrected chi connectivity index (χ0v) is 11.8. The van der Waals surface area contributed by atoms with E-state index in [0.717, 1.165) is 6.07 Å². The number of hydrogen-bond acceptors (Lipinski definition) is 4. The molecule has 0 saturated heterocycles. The number of nitrogen functional groups attached to an aromatic ring is 1. The van der Waals surface area contributed by atoms with E-state index >= 15 is 0 Å². The van der Waals surface area contributed by atoms with Crippen LogP contribution in [-0.2, 0) is 0 Å². The van der Waals surface area contributed by atoms with Crippen LogP contribution in [0.25, 0.3) is 0 Å². The molecule has 106 valence electrons. The van der Waals surface area contributed by atoms with Gasteiger partial charge in [0.1, 0.15) is 0 Å².